The minimum Gasteiger partial charge on any atom is -0.459 e. The Morgan fingerprint density at radius 2 is 2.11 bits per heavy atom. The Hall–Kier alpha value is -2.28. The smallest absolute Gasteiger partial charge is 0.139 e. The number of rotatable bonds is 8. The van der Waals surface area contributed by atoms with E-state index in [2.05, 4.69) is 13.0 Å². The standard InChI is InChI=1S/C28H35ClFN3O2/c1-2-6-25-28(16-26(33-25)19-11-13-34-14-12-19)35-27-15-21(29)9-10-22(27)24-8-5-3-4-7-20(18-32-24)23(30)17-31/h4,7,9-10,15-16,18-19,23,25H,2-3,5-6,8,11-14,17,31H2,1H3/b7-4-,20-18+,32-24?/t23-,25?/m0/s1. The highest BCUT2D eigenvalue weighted by molar-refractivity contribution is 6.31. The fourth-order valence-corrected chi connectivity index (χ4v) is 4.82. The number of ether oxygens (including phenoxy) is 2. The molecule has 0 radical (unpaired) electrons. The second-order valence-electron chi connectivity index (χ2n) is 9.24. The Morgan fingerprint density at radius 3 is 2.89 bits per heavy atom. The Labute approximate surface area is 212 Å². The first-order valence-electron chi connectivity index (χ1n) is 12.7. The normalized spacial score (nSPS) is 24.7. The molecule has 0 aromatic heterocycles. The Bertz CT molecular complexity index is 1040. The summed E-state index contributed by atoms with van der Waals surface area (Å²) in [4.78, 5) is 9.73. The van der Waals surface area contributed by atoms with Gasteiger partial charge in [0.05, 0.1) is 5.71 Å². The molecule has 1 aromatic rings. The minimum absolute atomic E-state index is 0.000280. The largest absolute Gasteiger partial charge is 0.459 e. The Morgan fingerprint density at radius 1 is 1.29 bits per heavy atom. The van der Waals surface area contributed by atoms with Crippen molar-refractivity contribution in [2.45, 2.75) is 64.1 Å². The van der Waals surface area contributed by atoms with Gasteiger partial charge in [0.15, 0.2) is 0 Å². The molecule has 35 heavy (non-hydrogen) atoms. The molecule has 2 N–H and O–H groups in total. The number of aliphatic imine (C=N–C) groups is 2. The molecular formula is C28H35ClFN3O2. The molecule has 188 valence electrons. The van der Waals surface area contributed by atoms with Gasteiger partial charge in [-0.15, -0.1) is 0 Å². The zero-order chi connectivity index (χ0) is 24.6. The molecule has 0 bridgehead atoms. The summed E-state index contributed by atoms with van der Waals surface area (Å²) in [5.41, 5.74) is 8.86. The van der Waals surface area contributed by atoms with Crippen LogP contribution >= 0.6 is 11.6 Å². The van der Waals surface area contributed by atoms with Crippen LogP contribution in [-0.4, -0.2) is 43.4 Å². The first-order valence-corrected chi connectivity index (χ1v) is 13.1. The Balaban J connectivity index is 1.65. The van der Waals surface area contributed by atoms with Gasteiger partial charge in [-0.2, -0.15) is 0 Å². The van der Waals surface area contributed by atoms with Crippen LogP contribution in [-0.2, 0) is 4.74 Å². The van der Waals surface area contributed by atoms with Gasteiger partial charge in [0.1, 0.15) is 23.7 Å². The van der Waals surface area contributed by atoms with Crippen molar-refractivity contribution in [1.29, 1.82) is 0 Å². The summed E-state index contributed by atoms with van der Waals surface area (Å²) in [6.45, 7) is 3.64. The Kier molecular flexibility index (Phi) is 9.30. The zero-order valence-electron chi connectivity index (χ0n) is 20.4. The average molecular weight is 500 g/mol. The summed E-state index contributed by atoms with van der Waals surface area (Å²) in [6, 6.07) is 5.62. The summed E-state index contributed by atoms with van der Waals surface area (Å²) in [5, 5.41) is 0.591. The van der Waals surface area contributed by atoms with E-state index >= 15 is 0 Å². The van der Waals surface area contributed by atoms with E-state index in [0.29, 0.717) is 22.3 Å². The van der Waals surface area contributed by atoms with Crippen molar-refractivity contribution in [3.05, 3.63) is 64.5 Å². The molecular weight excluding hydrogens is 465 g/mol. The molecule has 3 aliphatic rings. The van der Waals surface area contributed by atoms with Gasteiger partial charge in [0.2, 0.25) is 0 Å². The fraction of sp³-hybridized carbons (Fsp3) is 0.500. The average Bonchev–Trinajstić information content (AvgIpc) is 3.31. The van der Waals surface area contributed by atoms with Crippen LogP contribution in [0.25, 0.3) is 0 Å². The second-order valence-corrected chi connectivity index (χ2v) is 9.67. The minimum atomic E-state index is -1.24. The first kappa shape index (κ1) is 25.8. The van der Waals surface area contributed by atoms with Crippen LogP contribution in [0, 0.1) is 5.92 Å². The lowest BCUT2D eigenvalue weighted by Gasteiger charge is -2.21. The number of hydrogen-bond acceptors (Lipinski definition) is 5. The predicted molar refractivity (Wildman–Crippen MR) is 141 cm³/mol. The third-order valence-electron chi connectivity index (χ3n) is 6.64. The molecule has 1 unspecified atom stereocenters. The molecule has 0 saturated carbocycles. The number of nitrogens with two attached hydrogens (primary N) is 1. The van der Waals surface area contributed by atoms with Crippen molar-refractivity contribution in [3.8, 4) is 5.75 Å². The topological polar surface area (TPSA) is 69.2 Å². The summed E-state index contributed by atoms with van der Waals surface area (Å²) >= 11 is 6.39. The molecule has 5 nitrogen and oxygen atoms in total. The molecule has 3 heterocycles. The lowest BCUT2D eigenvalue weighted by Crippen LogP contribution is -2.21. The maximum atomic E-state index is 14.3. The molecule has 0 aliphatic carbocycles. The molecule has 2 atom stereocenters. The van der Waals surface area contributed by atoms with E-state index in [1.165, 1.54) is 0 Å². The fourth-order valence-electron chi connectivity index (χ4n) is 4.66. The highest BCUT2D eigenvalue weighted by atomic mass is 35.5. The van der Waals surface area contributed by atoms with Gasteiger partial charge in [-0.1, -0.05) is 37.1 Å². The second kappa shape index (κ2) is 12.6. The van der Waals surface area contributed by atoms with E-state index < -0.39 is 6.17 Å². The lowest BCUT2D eigenvalue weighted by molar-refractivity contribution is 0.0830. The first-order chi connectivity index (χ1) is 17.1. The van der Waals surface area contributed by atoms with E-state index in [1.54, 1.807) is 12.3 Å². The van der Waals surface area contributed by atoms with Crippen LogP contribution < -0.4 is 10.5 Å². The van der Waals surface area contributed by atoms with Gasteiger partial charge in [0.25, 0.3) is 0 Å². The van der Waals surface area contributed by atoms with Gasteiger partial charge in [-0.3, -0.25) is 9.98 Å². The van der Waals surface area contributed by atoms with Crippen molar-refractivity contribution < 1.29 is 13.9 Å². The number of benzene rings is 1. The van der Waals surface area contributed by atoms with Gasteiger partial charge in [0, 0.05) is 65.9 Å². The van der Waals surface area contributed by atoms with Gasteiger partial charge < -0.3 is 15.2 Å². The van der Waals surface area contributed by atoms with E-state index in [0.717, 1.165) is 80.9 Å². The van der Waals surface area contributed by atoms with E-state index in [-0.39, 0.29) is 12.6 Å². The van der Waals surface area contributed by atoms with E-state index in [1.807, 2.05) is 24.3 Å². The van der Waals surface area contributed by atoms with Crippen LogP contribution in [0.5, 0.6) is 5.75 Å². The van der Waals surface area contributed by atoms with Crippen LogP contribution in [0.2, 0.25) is 5.02 Å². The quantitative estimate of drug-likeness (QED) is 0.452. The highest BCUT2D eigenvalue weighted by Gasteiger charge is 2.28. The van der Waals surface area contributed by atoms with E-state index in [4.69, 9.17) is 36.8 Å². The predicted octanol–water partition coefficient (Wildman–Crippen LogP) is 6.36. The van der Waals surface area contributed by atoms with Crippen molar-refractivity contribution in [2.24, 2.45) is 21.6 Å². The van der Waals surface area contributed by atoms with Gasteiger partial charge in [-0.05, 0) is 50.7 Å². The molecule has 1 saturated heterocycles. The van der Waals surface area contributed by atoms with Crippen LogP contribution in [0.1, 0.15) is 57.4 Å². The van der Waals surface area contributed by atoms with Crippen molar-refractivity contribution in [1.82, 2.24) is 0 Å². The molecule has 0 amide bonds. The summed E-state index contributed by atoms with van der Waals surface area (Å²) in [5.74, 6) is 1.92. The summed E-state index contributed by atoms with van der Waals surface area (Å²) in [7, 11) is 0. The summed E-state index contributed by atoms with van der Waals surface area (Å²) in [6.07, 6.45) is 12.6. The third kappa shape index (κ3) is 6.69. The highest BCUT2D eigenvalue weighted by Crippen LogP contribution is 2.33. The lowest BCUT2D eigenvalue weighted by atomic mass is 9.95. The third-order valence-corrected chi connectivity index (χ3v) is 6.88. The molecule has 1 aromatic carbocycles. The number of allylic oxidation sites excluding steroid dienone is 3. The number of hydrogen-bond donors (Lipinski definition) is 1. The van der Waals surface area contributed by atoms with Crippen molar-refractivity contribution in [3.63, 3.8) is 0 Å². The number of alkyl halides is 1. The van der Waals surface area contributed by atoms with E-state index in [9.17, 15) is 4.39 Å². The molecule has 7 heteroatoms. The van der Waals surface area contributed by atoms with Crippen LogP contribution in [0.4, 0.5) is 4.39 Å². The molecule has 3 aliphatic heterocycles. The van der Waals surface area contributed by atoms with Gasteiger partial charge in [-0.25, -0.2) is 4.39 Å². The number of nitrogens with zero attached hydrogens (tertiary/aromatic N) is 2. The molecule has 4 rings (SSSR count). The molecule has 0 spiro atoms. The SMILES string of the molecule is CCCC1N=C(C2CCOCC2)C=C1Oc1cc(Cl)ccc1C1=N/C=C([C@@H](F)CN)\C=C/CCC1. The van der Waals surface area contributed by atoms with Crippen LogP contribution in [0.3, 0.4) is 0 Å². The monoisotopic (exact) mass is 499 g/mol. The van der Waals surface area contributed by atoms with Gasteiger partial charge >= 0.3 is 0 Å². The number of halogens is 2. The van der Waals surface area contributed by atoms with Crippen molar-refractivity contribution in [2.75, 3.05) is 19.8 Å². The van der Waals surface area contributed by atoms with Crippen LogP contribution in [0.15, 0.2) is 63.9 Å². The zero-order valence-corrected chi connectivity index (χ0v) is 21.1. The van der Waals surface area contributed by atoms with Crippen molar-refractivity contribution >= 4 is 23.0 Å². The molecule has 1 fully saturated rings. The summed E-state index contributed by atoms with van der Waals surface area (Å²) < 4.78 is 26.4. The maximum absolute atomic E-state index is 14.3. The maximum Gasteiger partial charge on any atom is 0.139 e.